The van der Waals surface area contributed by atoms with Crippen molar-refractivity contribution in [2.24, 2.45) is 0 Å². The van der Waals surface area contributed by atoms with Crippen LogP contribution in [-0.2, 0) is 24.2 Å². The second-order valence-corrected chi connectivity index (χ2v) is 6.85. The molecule has 144 valence electrons. The molecule has 0 saturated heterocycles. The van der Waals surface area contributed by atoms with Gasteiger partial charge in [0, 0.05) is 28.4 Å². The van der Waals surface area contributed by atoms with Crippen molar-refractivity contribution in [3.63, 3.8) is 0 Å². The van der Waals surface area contributed by atoms with E-state index < -0.39 is 17.0 Å². The van der Waals surface area contributed by atoms with E-state index >= 15 is 0 Å². The summed E-state index contributed by atoms with van der Waals surface area (Å²) in [4.78, 5) is 27.3. The number of carbonyl (C=O) groups excluding carboxylic acids is 1. The van der Waals surface area contributed by atoms with Gasteiger partial charge in [-0.2, -0.15) is 0 Å². The average Bonchev–Trinajstić information content (AvgIpc) is 2.72. The Bertz CT molecular complexity index is 1050. The summed E-state index contributed by atoms with van der Waals surface area (Å²) in [6.45, 7) is 0.356. The van der Waals surface area contributed by atoms with Crippen LogP contribution in [0, 0.1) is 0 Å². The first-order valence-electron chi connectivity index (χ1n) is 8.39. The topological polar surface area (TPSA) is 111 Å². The van der Waals surface area contributed by atoms with E-state index in [9.17, 15) is 18.4 Å². The zero-order chi connectivity index (χ0) is 19.9. The molecule has 2 N–H and O–H groups in total. The van der Waals surface area contributed by atoms with Crippen LogP contribution in [0.1, 0.15) is 21.6 Å². The summed E-state index contributed by atoms with van der Waals surface area (Å²) in [6.07, 6.45) is 1.45. The maximum Gasteiger partial charge on any atom is 0.251 e. The maximum absolute atomic E-state index is 12.2. The molecule has 3 rings (SSSR count). The van der Waals surface area contributed by atoms with Crippen molar-refractivity contribution in [3.8, 4) is 5.75 Å². The van der Waals surface area contributed by atoms with Gasteiger partial charge in [0.1, 0.15) is 6.61 Å². The molecule has 0 aliphatic heterocycles. The van der Waals surface area contributed by atoms with Crippen LogP contribution in [0.15, 0.2) is 76.6 Å². The smallest absolute Gasteiger partial charge is 0.251 e. The Morgan fingerprint density at radius 1 is 1.11 bits per heavy atom. The lowest BCUT2D eigenvalue weighted by atomic mass is 10.2. The highest BCUT2D eigenvalue weighted by Crippen LogP contribution is 2.09. The number of hydrogen-bond donors (Lipinski definition) is 2. The number of benzene rings is 2. The molecule has 1 aromatic heterocycles. The first-order chi connectivity index (χ1) is 13.5. The standard InChI is InChI=1S/C20H18N2O5S/c23-18-10-16(21-12-19(18)27-13-14-5-2-1-3-6-14)11-22-20(24)15-7-4-8-17(9-15)28(25)26/h1-10,12H,11,13H2,(H,21,23)(H,22,24)(H,25,26)/p-1. The number of aromatic nitrogens is 1. The highest BCUT2D eigenvalue weighted by Gasteiger charge is 2.08. The van der Waals surface area contributed by atoms with E-state index in [4.69, 9.17) is 4.74 Å². The molecule has 3 aromatic rings. The first kappa shape index (κ1) is 19.5. The molecule has 0 fully saturated rings. The predicted octanol–water partition coefficient (Wildman–Crippen LogP) is 2.12. The number of rotatable bonds is 7. The predicted molar refractivity (Wildman–Crippen MR) is 103 cm³/mol. The van der Waals surface area contributed by atoms with Gasteiger partial charge in [0.05, 0.1) is 6.54 Å². The van der Waals surface area contributed by atoms with Gasteiger partial charge in [0.15, 0.2) is 5.75 Å². The van der Waals surface area contributed by atoms with E-state index in [2.05, 4.69) is 10.3 Å². The molecule has 28 heavy (non-hydrogen) atoms. The molecule has 1 amide bonds. The fourth-order valence-corrected chi connectivity index (χ4v) is 2.88. The summed E-state index contributed by atoms with van der Waals surface area (Å²) < 4.78 is 27.5. The van der Waals surface area contributed by atoms with Gasteiger partial charge >= 0.3 is 0 Å². The van der Waals surface area contributed by atoms with Gasteiger partial charge in [0.25, 0.3) is 5.91 Å². The summed E-state index contributed by atoms with van der Waals surface area (Å²) in [7, 11) is 0. The van der Waals surface area contributed by atoms with E-state index in [1.165, 1.54) is 36.5 Å². The fourth-order valence-electron chi connectivity index (χ4n) is 2.47. The van der Waals surface area contributed by atoms with Gasteiger partial charge < -0.3 is 19.6 Å². The van der Waals surface area contributed by atoms with E-state index in [0.717, 1.165) is 5.56 Å². The van der Waals surface area contributed by atoms with Crippen molar-refractivity contribution >= 4 is 17.0 Å². The lowest BCUT2D eigenvalue weighted by Gasteiger charge is -2.09. The monoisotopic (exact) mass is 397 g/mol. The molecule has 0 bridgehead atoms. The Kier molecular flexibility index (Phi) is 6.36. The van der Waals surface area contributed by atoms with Crippen LogP contribution >= 0.6 is 0 Å². The molecule has 0 spiro atoms. The Morgan fingerprint density at radius 2 is 1.89 bits per heavy atom. The van der Waals surface area contributed by atoms with E-state index in [0.29, 0.717) is 5.69 Å². The number of amides is 1. The van der Waals surface area contributed by atoms with Crippen molar-refractivity contribution in [2.45, 2.75) is 18.0 Å². The minimum absolute atomic E-state index is 0.0287. The van der Waals surface area contributed by atoms with Gasteiger partial charge in [-0.05, 0) is 34.8 Å². The van der Waals surface area contributed by atoms with Crippen molar-refractivity contribution in [2.75, 3.05) is 0 Å². The Balaban J connectivity index is 1.60. The minimum Gasteiger partial charge on any atom is -0.768 e. The number of aromatic amines is 1. The van der Waals surface area contributed by atoms with Crippen molar-refractivity contribution < 1.29 is 18.3 Å². The molecule has 7 nitrogen and oxygen atoms in total. The number of ether oxygens (including phenoxy) is 1. The zero-order valence-corrected chi connectivity index (χ0v) is 15.5. The number of H-pyrrole nitrogens is 1. The summed E-state index contributed by atoms with van der Waals surface area (Å²) in [5.74, 6) is -0.262. The van der Waals surface area contributed by atoms with Crippen LogP contribution in [0.3, 0.4) is 0 Å². The van der Waals surface area contributed by atoms with E-state index in [1.807, 2.05) is 30.3 Å². The van der Waals surface area contributed by atoms with Gasteiger partial charge in [-0.1, -0.05) is 36.4 Å². The molecule has 0 radical (unpaired) electrons. The molecule has 2 aromatic carbocycles. The van der Waals surface area contributed by atoms with Crippen molar-refractivity contribution in [1.82, 2.24) is 10.3 Å². The SMILES string of the molecule is O=C(NCc1cc(=O)c(OCc2ccccc2)c[nH]1)c1cccc(S(=O)[O-])c1. The van der Waals surface area contributed by atoms with E-state index in [1.54, 1.807) is 0 Å². The summed E-state index contributed by atoms with van der Waals surface area (Å²) in [5.41, 5.74) is 1.35. The quantitative estimate of drug-likeness (QED) is 0.593. The van der Waals surface area contributed by atoms with Crippen LogP contribution in [-0.4, -0.2) is 19.7 Å². The molecule has 1 unspecified atom stereocenters. The van der Waals surface area contributed by atoms with Crippen LogP contribution in [0.2, 0.25) is 0 Å². The molecule has 8 heteroatoms. The third-order valence-corrected chi connectivity index (χ3v) is 4.54. The van der Waals surface area contributed by atoms with Crippen molar-refractivity contribution in [1.29, 1.82) is 0 Å². The molecule has 0 aliphatic rings. The average molecular weight is 397 g/mol. The maximum atomic E-state index is 12.2. The van der Waals surface area contributed by atoms with Crippen LogP contribution in [0.25, 0.3) is 0 Å². The Morgan fingerprint density at radius 3 is 2.61 bits per heavy atom. The molecule has 0 saturated carbocycles. The Hall–Kier alpha value is -3.23. The van der Waals surface area contributed by atoms with Crippen molar-refractivity contribution in [3.05, 3.63) is 93.9 Å². The molecule has 0 aliphatic carbocycles. The number of nitrogens with one attached hydrogen (secondary N) is 2. The summed E-state index contributed by atoms with van der Waals surface area (Å²) in [6, 6.07) is 16.5. The number of pyridine rings is 1. The largest absolute Gasteiger partial charge is 0.768 e. The molecule has 1 atom stereocenters. The van der Waals surface area contributed by atoms with Gasteiger partial charge in [-0.25, -0.2) is 0 Å². The molecular weight excluding hydrogens is 380 g/mol. The summed E-state index contributed by atoms with van der Waals surface area (Å²) >= 11 is -2.41. The highest BCUT2D eigenvalue weighted by atomic mass is 32.2. The van der Waals surface area contributed by atoms with Crippen LogP contribution in [0.4, 0.5) is 0 Å². The third-order valence-electron chi connectivity index (χ3n) is 3.90. The van der Waals surface area contributed by atoms with E-state index in [-0.39, 0.29) is 34.8 Å². The zero-order valence-electron chi connectivity index (χ0n) is 14.7. The fraction of sp³-hybridized carbons (Fsp3) is 0.100. The number of carbonyl (C=O) groups is 1. The lowest BCUT2D eigenvalue weighted by Crippen LogP contribution is -2.24. The normalized spacial score (nSPS) is 11.6. The van der Waals surface area contributed by atoms with Crippen LogP contribution < -0.4 is 15.5 Å². The van der Waals surface area contributed by atoms with Gasteiger partial charge in [0.2, 0.25) is 5.43 Å². The second-order valence-electron chi connectivity index (χ2n) is 5.91. The molecular formula is C20H17N2O5S-. The highest BCUT2D eigenvalue weighted by molar-refractivity contribution is 7.79. The third kappa shape index (κ3) is 5.15. The number of hydrogen-bond acceptors (Lipinski definition) is 5. The first-order valence-corrected chi connectivity index (χ1v) is 9.46. The second kappa shape index (κ2) is 9.12. The lowest BCUT2D eigenvalue weighted by molar-refractivity contribution is 0.0950. The molecule has 1 heterocycles. The summed E-state index contributed by atoms with van der Waals surface area (Å²) in [5, 5.41) is 2.64. The Labute approximate surface area is 163 Å². The van der Waals surface area contributed by atoms with Crippen LogP contribution in [0.5, 0.6) is 5.75 Å². The van der Waals surface area contributed by atoms with Gasteiger partial charge in [-0.15, -0.1) is 0 Å². The van der Waals surface area contributed by atoms with Gasteiger partial charge in [-0.3, -0.25) is 13.8 Å². The minimum atomic E-state index is -2.41.